The Bertz CT molecular complexity index is 1200. The fourth-order valence-corrected chi connectivity index (χ4v) is 4.39. The number of hydrogen-bond donors (Lipinski definition) is 0. The van der Waals surface area contributed by atoms with Crippen molar-refractivity contribution in [1.82, 2.24) is 0 Å². The third kappa shape index (κ3) is 3.04. The number of carbonyl (C=O) groups is 1. The van der Waals surface area contributed by atoms with Crippen LogP contribution in [0.2, 0.25) is 0 Å². The second-order valence-electron chi connectivity index (χ2n) is 6.91. The van der Waals surface area contributed by atoms with Gasteiger partial charge in [-0.1, -0.05) is 72.8 Å². The van der Waals surface area contributed by atoms with E-state index in [0.717, 1.165) is 29.2 Å². The summed E-state index contributed by atoms with van der Waals surface area (Å²) < 4.78 is 5.98. The fraction of sp³-hybridized carbons (Fsp3) is 0.0800. The van der Waals surface area contributed by atoms with E-state index in [0.29, 0.717) is 10.6 Å². The van der Waals surface area contributed by atoms with Crippen LogP contribution in [-0.2, 0) is 12.8 Å². The zero-order valence-electron chi connectivity index (χ0n) is 15.2. The van der Waals surface area contributed by atoms with Crippen LogP contribution in [0, 0.1) is 0 Å². The number of allylic oxidation sites excluding steroid dienone is 2. The molecule has 0 unspecified atom stereocenters. The lowest BCUT2D eigenvalue weighted by molar-refractivity contribution is 0.0741. The van der Waals surface area contributed by atoms with Crippen LogP contribution in [0.1, 0.15) is 26.4 Å². The van der Waals surface area contributed by atoms with Crippen molar-refractivity contribution in [2.45, 2.75) is 12.8 Å². The summed E-state index contributed by atoms with van der Waals surface area (Å²) in [6.07, 6.45) is 4.00. The molecule has 0 amide bonds. The van der Waals surface area contributed by atoms with E-state index >= 15 is 0 Å². The third-order valence-corrected chi connectivity index (χ3v) is 6.06. The summed E-state index contributed by atoms with van der Waals surface area (Å²) in [7, 11) is 0. The van der Waals surface area contributed by atoms with Crippen molar-refractivity contribution in [2.75, 3.05) is 0 Å². The molecule has 136 valence electrons. The number of hydrogen-bond acceptors (Lipinski definition) is 3. The molecule has 5 rings (SSSR count). The van der Waals surface area contributed by atoms with Crippen LogP contribution in [0.5, 0.6) is 5.75 Å². The van der Waals surface area contributed by atoms with E-state index in [2.05, 4.69) is 42.5 Å². The average molecular weight is 382 g/mol. The van der Waals surface area contributed by atoms with Gasteiger partial charge in [-0.15, -0.1) is 11.3 Å². The Kier molecular flexibility index (Phi) is 4.30. The molecule has 3 aromatic carbocycles. The number of rotatable bonds is 3. The highest BCUT2D eigenvalue weighted by Gasteiger charge is 2.20. The molecular formula is C25H18O2S. The molecular weight excluding hydrogens is 364 g/mol. The number of esters is 1. The largest absolute Gasteiger partial charge is 0.421 e. The molecule has 0 N–H and O–H groups in total. The summed E-state index contributed by atoms with van der Waals surface area (Å²) >= 11 is 1.40. The molecule has 0 bridgehead atoms. The van der Waals surface area contributed by atoms with Crippen LogP contribution in [-0.4, -0.2) is 5.97 Å². The van der Waals surface area contributed by atoms with E-state index in [1.165, 1.54) is 28.0 Å². The van der Waals surface area contributed by atoms with Crippen LogP contribution in [0.4, 0.5) is 0 Å². The van der Waals surface area contributed by atoms with Crippen LogP contribution in [0.15, 0.2) is 84.3 Å². The molecule has 1 aliphatic rings. The van der Waals surface area contributed by atoms with Gasteiger partial charge in [0.2, 0.25) is 0 Å². The van der Waals surface area contributed by atoms with Crippen molar-refractivity contribution in [3.05, 3.63) is 106 Å². The van der Waals surface area contributed by atoms with E-state index in [-0.39, 0.29) is 5.97 Å². The minimum atomic E-state index is -0.301. The van der Waals surface area contributed by atoms with Gasteiger partial charge in [-0.2, -0.15) is 0 Å². The van der Waals surface area contributed by atoms with E-state index < -0.39 is 0 Å². The van der Waals surface area contributed by atoms with Gasteiger partial charge in [0.25, 0.3) is 0 Å². The molecule has 0 saturated heterocycles. The monoisotopic (exact) mass is 382 g/mol. The van der Waals surface area contributed by atoms with Crippen LogP contribution >= 0.6 is 11.3 Å². The maximum atomic E-state index is 12.7. The summed E-state index contributed by atoms with van der Waals surface area (Å²) in [5, 5.41) is 3.92. The Labute approximate surface area is 167 Å². The Morgan fingerprint density at radius 2 is 1.68 bits per heavy atom. The Morgan fingerprint density at radius 3 is 2.54 bits per heavy atom. The summed E-state index contributed by atoms with van der Waals surface area (Å²) in [5.74, 6) is 0.353. The predicted molar refractivity (Wildman–Crippen MR) is 115 cm³/mol. The van der Waals surface area contributed by atoms with Crippen LogP contribution < -0.4 is 4.74 Å². The SMILES string of the molecule is O=C(Oc1c(C2=CCc3ccccc3C2)ccc2ccccc12)c1cccs1. The molecule has 1 heterocycles. The molecule has 0 saturated carbocycles. The summed E-state index contributed by atoms with van der Waals surface area (Å²) in [4.78, 5) is 13.3. The van der Waals surface area contributed by atoms with E-state index in [1.807, 2.05) is 35.7 Å². The zero-order valence-corrected chi connectivity index (χ0v) is 16.0. The Morgan fingerprint density at radius 1 is 0.857 bits per heavy atom. The normalized spacial score (nSPS) is 13.1. The second kappa shape index (κ2) is 7.10. The van der Waals surface area contributed by atoms with Gasteiger partial charge in [0.15, 0.2) is 0 Å². The van der Waals surface area contributed by atoms with Crippen LogP contribution in [0.25, 0.3) is 16.3 Å². The van der Waals surface area contributed by atoms with Crippen molar-refractivity contribution < 1.29 is 9.53 Å². The van der Waals surface area contributed by atoms with Crippen molar-refractivity contribution in [3.63, 3.8) is 0 Å². The van der Waals surface area contributed by atoms with E-state index in [1.54, 1.807) is 6.07 Å². The van der Waals surface area contributed by atoms with Gasteiger partial charge in [-0.05, 0) is 46.4 Å². The summed E-state index contributed by atoms with van der Waals surface area (Å²) in [6.45, 7) is 0. The fourth-order valence-electron chi connectivity index (χ4n) is 3.79. The van der Waals surface area contributed by atoms with Gasteiger partial charge in [0.1, 0.15) is 10.6 Å². The van der Waals surface area contributed by atoms with Gasteiger partial charge < -0.3 is 4.74 Å². The first-order valence-electron chi connectivity index (χ1n) is 9.33. The van der Waals surface area contributed by atoms with Crippen molar-refractivity contribution in [3.8, 4) is 5.75 Å². The van der Waals surface area contributed by atoms with Crippen molar-refractivity contribution >= 4 is 33.7 Å². The molecule has 0 spiro atoms. The lowest BCUT2D eigenvalue weighted by atomic mass is 9.87. The molecule has 0 aliphatic heterocycles. The van der Waals surface area contributed by atoms with Crippen molar-refractivity contribution in [1.29, 1.82) is 0 Å². The lowest BCUT2D eigenvalue weighted by Gasteiger charge is -2.20. The molecule has 0 atom stereocenters. The maximum absolute atomic E-state index is 12.7. The minimum absolute atomic E-state index is 0.301. The molecule has 1 aliphatic carbocycles. The molecule has 0 fully saturated rings. The molecule has 28 heavy (non-hydrogen) atoms. The van der Waals surface area contributed by atoms with Gasteiger partial charge in [-0.3, -0.25) is 0 Å². The van der Waals surface area contributed by atoms with Gasteiger partial charge >= 0.3 is 5.97 Å². The Hall–Kier alpha value is -3.17. The number of ether oxygens (including phenoxy) is 1. The second-order valence-corrected chi connectivity index (χ2v) is 7.86. The molecule has 4 aromatic rings. The first-order valence-corrected chi connectivity index (χ1v) is 10.2. The van der Waals surface area contributed by atoms with Crippen molar-refractivity contribution in [2.24, 2.45) is 0 Å². The van der Waals surface area contributed by atoms with Gasteiger partial charge in [0.05, 0.1) is 0 Å². The van der Waals surface area contributed by atoms with Crippen LogP contribution in [0.3, 0.4) is 0 Å². The highest BCUT2D eigenvalue weighted by Crippen LogP contribution is 2.38. The lowest BCUT2D eigenvalue weighted by Crippen LogP contribution is -2.10. The number of thiophene rings is 1. The first kappa shape index (κ1) is 17.0. The number of benzene rings is 3. The quantitative estimate of drug-likeness (QED) is 0.307. The van der Waals surface area contributed by atoms with E-state index in [9.17, 15) is 4.79 Å². The minimum Gasteiger partial charge on any atom is -0.421 e. The molecule has 2 nitrogen and oxygen atoms in total. The average Bonchev–Trinajstić information content (AvgIpc) is 3.29. The molecule has 0 radical (unpaired) electrons. The number of fused-ring (bicyclic) bond motifs is 2. The van der Waals surface area contributed by atoms with Gasteiger partial charge in [0, 0.05) is 10.9 Å². The standard InChI is InChI=1S/C25H18O2S/c26-25(23-10-5-15-28-23)27-24-21-9-4-3-7-18(21)13-14-22(24)20-12-11-17-6-1-2-8-19(17)16-20/h1-10,12-15H,11,16H2. The summed E-state index contributed by atoms with van der Waals surface area (Å²) in [6, 6.07) is 24.4. The predicted octanol–water partition coefficient (Wildman–Crippen LogP) is 6.30. The smallest absolute Gasteiger partial charge is 0.353 e. The zero-order chi connectivity index (χ0) is 18.9. The molecule has 3 heteroatoms. The molecule has 1 aromatic heterocycles. The highest BCUT2D eigenvalue weighted by atomic mass is 32.1. The number of carbonyl (C=O) groups excluding carboxylic acids is 1. The topological polar surface area (TPSA) is 26.3 Å². The maximum Gasteiger partial charge on any atom is 0.353 e. The Balaban J connectivity index is 1.61. The summed E-state index contributed by atoms with van der Waals surface area (Å²) in [5.41, 5.74) is 4.91. The first-order chi connectivity index (χ1) is 13.8. The highest BCUT2D eigenvalue weighted by molar-refractivity contribution is 7.12. The van der Waals surface area contributed by atoms with E-state index in [4.69, 9.17) is 4.74 Å². The third-order valence-electron chi connectivity index (χ3n) is 5.21. The van der Waals surface area contributed by atoms with Gasteiger partial charge in [-0.25, -0.2) is 4.79 Å².